The minimum atomic E-state index is -0.955. The van der Waals surface area contributed by atoms with Gasteiger partial charge in [-0.05, 0) is 18.6 Å². The Morgan fingerprint density at radius 1 is 1.38 bits per heavy atom. The highest BCUT2D eigenvalue weighted by Gasteiger charge is 2.12. The van der Waals surface area contributed by atoms with Gasteiger partial charge >= 0.3 is 5.97 Å². The van der Waals surface area contributed by atoms with Crippen LogP contribution in [0.1, 0.15) is 35.5 Å². The lowest BCUT2D eigenvalue weighted by Gasteiger charge is -2.02. The van der Waals surface area contributed by atoms with Gasteiger partial charge in [0.15, 0.2) is 0 Å². The fraction of sp³-hybridized carbons (Fsp3) is 0.308. The van der Waals surface area contributed by atoms with Gasteiger partial charge in [0.05, 0.1) is 24.0 Å². The Bertz CT molecular complexity index is 636. The summed E-state index contributed by atoms with van der Waals surface area (Å²) in [6.45, 7) is 2.01. The molecule has 2 aromatic heterocycles. The molecular formula is C13H15N5O3. The van der Waals surface area contributed by atoms with Crippen LogP contribution >= 0.6 is 0 Å². The molecule has 8 nitrogen and oxygen atoms in total. The van der Waals surface area contributed by atoms with Crippen molar-refractivity contribution in [3.63, 3.8) is 0 Å². The van der Waals surface area contributed by atoms with Crippen LogP contribution < -0.4 is 5.32 Å². The Kier molecular flexibility index (Phi) is 4.60. The number of amides is 1. The molecule has 0 aliphatic heterocycles. The predicted octanol–water partition coefficient (Wildman–Crippen LogP) is 1.03. The van der Waals surface area contributed by atoms with Gasteiger partial charge in [-0.15, -0.1) is 5.10 Å². The zero-order valence-corrected chi connectivity index (χ0v) is 11.5. The van der Waals surface area contributed by atoms with Crippen molar-refractivity contribution >= 4 is 17.6 Å². The molecule has 3 N–H and O–H groups in total. The fourth-order valence-corrected chi connectivity index (χ4v) is 1.69. The molecule has 0 aliphatic carbocycles. The number of carboxylic acid groups (broad SMARTS) is 1. The number of carbonyl (C=O) groups excluding carboxylic acids is 1. The van der Waals surface area contributed by atoms with E-state index in [0.29, 0.717) is 17.2 Å². The highest BCUT2D eigenvalue weighted by atomic mass is 16.4. The molecule has 0 saturated carbocycles. The molecule has 110 valence electrons. The Hall–Kier alpha value is -2.77. The predicted molar refractivity (Wildman–Crippen MR) is 73.9 cm³/mol. The van der Waals surface area contributed by atoms with E-state index >= 15 is 0 Å². The van der Waals surface area contributed by atoms with Gasteiger partial charge in [-0.3, -0.25) is 19.7 Å². The summed E-state index contributed by atoms with van der Waals surface area (Å²) in [7, 11) is 0. The fourth-order valence-electron chi connectivity index (χ4n) is 1.69. The maximum atomic E-state index is 11.9. The highest BCUT2D eigenvalue weighted by molar-refractivity contribution is 6.01. The molecule has 2 aromatic rings. The number of carboxylic acids is 1. The van der Waals surface area contributed by atoms with Crippen LogP contribution in [0.3, 0.4) is 0 Å². The molecule has 0 aromatic carbocycles. The lowest BCUT2D eigenvalue weighted by atomic mass is 10.2. The lowest BCUT2D eigenvalue weighted by Crippen LogP contribution is -2.14. The minimum Gasteiger partial charge on any atom is -0.481 e. The van der Waals surface area contributed by atoms with Crippen LogP contribution in [0.25, 0.3) is 0 Å². The number of aliphatic carboxylic acids is 1. The number of nitrogens with one attached hydrogen (secondary N) is 2. The average molecular weight is 289 g/mol. The first-order valence-electron chi connectivity index (χ1n) is 6.48. The topological polar surface area (TPSA) is 121 Å². The summed E-state index contributed by atoms with van der Waals surface area (Å²) in [6, 6.07) is 3.13. The number of aryl methyl sites for hydroxylation is 1. The third-order valence-corrected chi connectivity index (χ3v) is 2.64. The van der Waals surface area contributed by atoms with Gasteiger partial charge in [0.1, 0.15) is 5.82 Å². The number of nitrogens with zero attached hydrogens (tertiary/aromatic N) is 3. The number of hydrogen-bond donors (Lipinski definition) is 3. The number of carbonyl (C=O) groups is 2. The number of aromatic nitrogens is 4. The third kappa shape index (κ3) is 4.10. The van der Waals surface area contributed by atoms with E-state index in [4.69, 9.17) is 5.11 Å². The van der Waals surface area contributed by atoms with E-state index in [-0.39, 0.29) is 12.2 Å². The second-order valence-corrected chi connectivity index (χ2v) is 4.42. The number of hydrogen-bond acceptors (Lipinski definition) is 5. The first-order valence-corrected chi connectivity index (χ1v) is 6.48. The molecule has 0 atom stereocenters. The number of rotatable bonds is 6. The molecule has 0 spiro atoms. The van der Waals surface area contributed by atoms with Crippen molar-refractivity contribution in [3.05, 3.63) is 35.7 Å². The van der Waals surface area contributed by atoms with Gasteiger partial charge in [-0.1, -0.05) is 6.92 Å². The molecule has 0 bridgehead atoms. The van der Waals surface area contributed by atoms with Crippen LogP contribution in [-0.4, -0.2) is 37.1 Å². The largest absolute Gasteiger partial charge is 0.481 e. The van der Waals surface area contributed by atoms with Crippen LogP contribution in [0.15, 0.2) is 18.3 Å². The van der Waals surface area contributed by atoms with E-state index in [9.17, 15) is 9.59 Å². The summed E-state index contributed by atoms with van der Waals surface area (Å²) in [5.74, 6) is -0.671. The molecule has 1 amide bonds. The van der Waals surface area contributed by atoms with Crippen molar-refractivity contribution in [1.82, 2.24) is 20.2 Å². The van der Waals surface area contributed by atoms with E-state index in [0.717, 1.165) is 12.8 Å². The molecule has 0 unspecified atom stereocenters. The quantitative estimate of drug-likeness (QED) is 0.730. The molecule has 2 heterocycles. The summed E-state index contributed by atoms with van der Waals surface area (Å²) in [5, 5.41) is 17.8. The van der Waals surface area contributed by atoms with E-state index in [2.05, 4.69) is 25.5 Å². The zero-order chi connectivity index (χ0) is 15.2. The normalized spacial score (nSPS) is 10.3. The standard InChI is InChI=1S/C13H15N5O3/c1-2-3-10-16-12(18-17-10)13(21)15-9-5-4-8(14-7-9)6-11(19)20/h4-5,7H,2-3,6H2,1H3,(H,15,21)(H,19,20)(H,16,17,18). The average Bonchev–Trinajstić information content (AvgIpc) is 2.89. The van der Waals surface area contributed by atoms with Crippen molar-refractivity contribution in [2.24, 2.45) is 0 Å². The van der Waals surface area contributed by atoms with E-state index < -0.39 is 11.9 Å². The highest BCUT2D eigenvalue weighted by Crippen LogP contribution is 2.08. The summed E-state index contributed by atoms with van der Waals surface area (Å²) >= 11 is 0. The lowest BCUT2D eigenvalue weighted by molar-refractivity contribution is -0.136. The van der Waals surface area contributed by atoms with Crippen molar-refractivity contribution in [2.45, 2.75) is 26.2 Å². The Morgan fingerprint density at radius 2 is 2.19 bits per heavy atom. The van der Waals surface area contributed by atoms with Gasteiger partial charge < -0.3 is 10.4 Å². The Morgan fingerprint density at radius 3 is 2.81 bits per heavy atom. The maximum absolute atomic E-state index is 11.9. The van der Waals surface area contributed by atoms with Crippen LogP contribution in [0.4, 0.5) is 5.69 Å². The first-order chi connectivity index (χ1) is 10.1. The molecule has 21 heavy (non-hydrogen) atoms. The zero-order valence-electron chi connectivity index (χ0n) is 11.5. The molecule has 0 fully saturated rings. The summed E-state index contributed by atoms with van der Waals surface area (Å²) in [4.78, 5) is 30.5. The number of H-pyrrole nitrogens is 1. The molecule has 8 heteroatoms. The smallest absolute Gasteiger partial charge is 0.309 e. The number of aromatic amines is 1. The summed E-state index contributed by atoms with van der Waals surface area (Å²) < 4.78 is 0. The van der Waals surface area contributed by atoms with Crippen LogP contribution in [0.2, 0.25) is 0 Å². The monoisotopic (exact) mass is 289 g/mol. The first kappa shape index (κ1) is 14.6. The van der Waals surface area contributed by atoms with Gasteiger partial charge in [-0.25, -0.2) is 4.98 Å². The van der Waals surface area contributed by atoms with Crippen molar-refractivity contribution in [2.75, 3.05) is 5.32 Å². The molecular weight excluding hydrogens is 274 g/mol. The van der Waals surface area contributed by atoms with Crippen molar-refractivity contribution in [1.29, 1.82) is 0 Å². The van der Waals surface area contributed by atoms with Gasteiger partial charge in [0.2, 0.25) is 5.82 Å². The van der Waals surface area contributed by atoms with Crippen molar-refractivity contribution in [3.8, 4) is 0 Å². The van der Waals surface area contributed by atoms with Gasteiger partial charge in [0.25, 0.3) is 5.91 Å². The van der Waals surface area contributed by atoms with Crippen LogP contribution in [-0.2, 0) is 17.6 Å². The van der Waals surface area contributed by atoms with E-state index in [1.807, 2.05) is 6.92 Å². The van der Waals surface area contributed by atoms with Crippen LogP contribution in [0, 0.1) is 0 Å². The minimum absolute atomic E-state index is 0.0630. The van der Waals surface area contributed by atoms with Gasteiger partial charge in [0, 0.05) is 6.42 Å². The third-order valence-electron chi connectivity index (χ3n) is 2.64. The van der Waals surface area contributed by atoms with Crippen LogP contribution in [0.5, 0.6) is 0 Å². The molecule has 2 rings (SSSR count). The molecule has 0 saturated heterocycles. The SMILES string of the molecule is CCCc1nc(C(=O)Nc2ccc(CC(=O)O)nc2)n[nH]1. The molecule has 0 radical (unpaired) electrons. The number of anilines is 1. The maximum Gasteiger partial charge on any atom is 0.309 e. The second-order valence-electron chi connectivity index (χ2n) is 4.42. The Balaban J connectivity index is 1.99. The molecule has 0 aliphatic rings. The number of pyridine rings is 1. The van der Waals surface area contributed by atoms with Crippen molar-refractivity contribution < 1.29 is 14.7 Å². The summed E-state index contributed by atoms with van der Waals surface area (Å²) in [6.07, 6.45) is 2.88. The van der Waals surface area contributed by atoms with E-state index in [1.165, 1.54) is 6.20 Å². The van der Waals surface area contributed by atoms with E-state index in [1.54, 1.807) is 12.1 Å². The Labute approximate surface area is 120 Å². The second kappa shape index (κ2) is 6.60. The van der Waals surface area contributed by atoms with Gasteiger partial charge in [-0.2, -0.15) is 0 Å². The summed E-state index contributed by atoms with van der Waals surface area (Å²) in [5.41, 5.74) is 0.875.